The van der Waals surface area contributed by atoms with Crippen LogP contribution >= 0.6 is 11.6 Å². The molecule has 1 aromatic rings. The molecule has 0 spiro atoms. The van der Waals surface area contributed by atoms with E-state index in [-0.39, 0.29) is 30.5 Å². The van der Waals surface area contributed by atoms with Crippen LogP contribution in [0.2, 0.25) is 5.02 Å². The third kappa shape index (κ3) is 3.53. The van der Waals surface area contributed by atoms with E-state index in [0.29, 0.717) is 31.0 Å². The largest absolute Gasteiger partial charge is 0.442 e. The Morgan fingerprint density at radius 3 is 2.83 bits per heavy atom. The number of carbonyl (C=O) groups is 1. The molecule has 8 heteroatoms. The molecule has 3 rings (SSSR count). The summed E-state index contributed by atoms with van der Waals surface area (Å²) in [5.41, 5.74) is 1.03. The molecule has 0 unspecified atom stereocenters. The Labute approximate surface area is 147 Å². The minimum atomic E-state index is -3.27. The van der Waals surface area contributed by atoms with E-state index in [1.54, 1.807) is 11.0 Å². The highest BCUT2D eigenvalue weighted by molar-refractivity contribution is 7.89. The van der Waals surface area contributed by atoms with Crippen molar-refractivity contribution >= 4 is 27.7 Å². The molecule has 1 amide bonds. The summed E-state index contributed by atoms with van der Waals surface area (Å²) in [5, 5.41) is 0.659. The Balaban J connectivity index is 1.66. The number of benzene rings is 1. The van der Waals surface area contributed by atoms with Crippen LogP contribution < -0.4 is 0 Å². The molecule has 2 heterocycles. The van der Waals surface area contributed by atoms with E-state index in [2.05, 4.69) is 0 Å². The second-order valence-corrected chi connectivity index (χ2v) is 8.72. The Morgan fingerprint density at radius 1 is 1.33 bits per heavy atom. The fourth-order valence-electron chi connectivity index (χ4n) is 3.28. The average molecular weight is 373 g/mol. The van der Waals surface area contributed by atoms with Crippen LogP contribution in [0.25, 0.3) is 0 Å². The molecule has 2 aliphatic rings. The summed E-state index contributed by atoms with van der Waals surface area (Å²) in [4.78, 5) is 13.7. The molecule has 132 valence electrons. The highest BCUT2D eigenvalue weighted by Gasteiger charge is 2.49. The first-order chi connectivity index (χ1) is 11.4. The van der Waals surface area contributed by atoms with E-state index in [9.17, 15) is 13.2 Å². The lowest BCUT2D eigenvalue weighted by Gasteiger charge is -2.22. The number of halogens is 1. The summed E-state index contributed by atoms with van der Waals surface area (Å²) in [6, 6.07) is 7.30. The van der Waals surface area contributed by atoms with E-state index in [4.69, 9.17) is 16.3 Å². The number of hydrogen-bond acceptors (Lipinski definition) is 4. The van der Waals surface area contributed by atoms with E-state index in [0.717, 1.165) is 5.56 Å². The lowest BCUT2D eigenvalue weighted by Crippen LogP contribution is -2.40. The van der Waals surface area contributed by atoms with Crippen LogP contribution in [0.3, 0.4) is 0 Å². The van der Waals surface area contributed by atoms with Gasteiger partial charge in [0.25, 0.3) is 0 Å². The van der Waals surface area contributed by atoms with Gasteiger partial charge in [0.15, 0.2) is 0 Å². The van der Waals surface area contributed by atoms with Gasteiger partial charge < -0.3 is 4.74 Å². The predicted molar refractivity (Wildman–Crippen MR) is 91.6 cm³/mol. The number of hydrogen-bond donors (Lipinski definition) is 0. The maximum Gasteiger partial charge on any atom is 0.410 e. The van der Waals surface area contributed by atoms with Crippen molar-refractivity contribution in [3.63, 3.8) is 0 Å². The van der Waals surface area contributed by atoms with Crippen LogP contribution in [0.15, 0.2) is 24.3 Å². The number of carbonyl (C=O) groups excluding carboxylic acids is 1. The molecular formula is C16H21ClN2O4S. The SMILES string of the molecule is CCCS(=O)(=O)N1C[C@H]2OC(=O)N(CCc3cccc(Cl)c3)[C@H]2C1. The highest BCUT2D eigenvalue weighted by atomic mass is 35.5. The van der Waals surface area contributed by atoms with Gasteiger partial charge in [-0.1, -0.05) is 30.7 Å². The molecule has 6 nitrogen and oxygen atoms in total. The third-order valence-corrected chi connectivity index (χ3v) is 6.72. The number of amides is 1. The Hall–Kier alpha value is -1.31. The molecule has 0 aromatic heterocycles. The summed E-state index contributed by atoms with van der Waals surface area (Å²) < 4.78 is 31.3. The van der Waals surface area contributed by atoms with E-state index in [1.807, 2.05) is 25.1 Å². The van der Waals surface area contributed by atoms with Gasteiger partial charge in [-0.05, 0) is 30.5 Å². The van der Waals surface area contributed by atoms with Crippen LogP contribution in [0, 0.1) is 0 Å². The first kappa shape index (κ1) is 17.5. The van der Waals surface area contributed by atoms with Crippen molar-refractivity contribution in [2.24, 2.45) is 0 Å². The topological polar surface area (TPSA) is 66.9 Å². The minimum Gasteiger partial charge on any atom is -0.442 e. The minimum absolute atomic E-state index is 0.128. The van der Waals surface area contributed by atoms with Gasteiger partial charge >= 0.3 is 6.09 Å². The van der Waals surface area contributed by atoms with Crippen molar-refractivity contribution in [2.45, 2.75) is 31.9 Å². The van der Waals surface area contributed by atoms with E-state index < -0.39 is 10.0 Å². The standard InChI is InChI=1S/C16H21ClN2O4S/c1-2-8-24(21,22)18-10-14-15(11-18)23-16(20)19(14)7-6-12-4-3-5-13(17)9-12/h3-5,9,14-15H,2,6-8,10-11H2,1H3/t14-,15+/m0/s1. The second-order valence-electron chi connectivity index (χ2n) is 6.20. The second kappa shape index (κ2) is 6.90. The maximum absolute atomic E-state index is 12.2. The zero-order valence-electron chi connectivity index (χ0n) is 13.5. The predicted octanol–water partition coefficient (Wildman–Crippen LogP) is 2.13. The average Bonchev–Trinajstić information content (AvgIpc) is 3.03. The molecule has 0 saturated carbocycles. The van der Waals surface area contributed by atoms with Crippen LogP contribution in [0.1, 0.15) is 18.9 Å². The Bertz CT molecular complexity index is 725. The zero-order valence-corrected chi connectivity index (χ0v) is 15.1. The van der Waals surface area contributed by atoms with Crippen molar-refractivity contribution in [1.82, 2.24) is 9.21 Å². The maximum atomic E-state index is 12.2. The number of fused-ring (bicyclic) bond motifs is 1. The normalized spacial score (nSPS) is 24.2. The Morgan fingerprint density at radius 2 is 2.12 bits per heavy atom. The summed E-state index contributed by atoms with van der Waals surface area (Å²) in [6.07, 6.45) is 0.496. The lowest BCUT2D eigenvalue weighted by molar-refractivity contribution is 0.129. The van der Waals surface area contributed by atoms with Gasteiger partial charge in [0, 0.05) is 18.1 Å². The fourth-order valence-corrected chi connectivity index (χ4v) is 5.02. The van der Waals surface area contributed by atoms with E-state index in [1.165, 1.54) is 4.31 Å². The van der Waals surface area contributed by atoms with Gasteiger partial charge in [0.1, 0.15) is 6.10 Å². The molecule has 0 N–H and O–H groups in total. The molecule has 2 aliphatic heterocycles. The summed E-state index contributed by atoms with van der Waals surface area (Å²) in [7, 11) is -3.27. The van der Waals surface area contributed by atoms with Crippen molar-refractivity contribution < 1.29 is 17.9 Å². The van der Waals surface area contributed by atoms with Crippen molar-refractivity contribution in [2.75, 3.05) is 25.4 Å². The van der Waals surface area contributed by atoms with Gasteiger partial charge in [-0.25, -0.2) is 13.2 Å². The number of ether oxygens (including phenoxy) is 1. The number of sulfonamides is 1. The number of nitrogens with zero attached hydrogens (tertiary/aromatic N) is 2. The Kier molecular flexibility index (Phi) is 5.03. The molecule has 1 aromatic carbocycles. The van der Waals surface area contributed by atoms with Gasteiger partial charge in [-0.2, -0.15) is 4.31 Å². The van der Waals surface area contributed by atoms with Gasteiger partial charge in [-0.15, -0.1) is 0 Å². The van der Waals surface area contributed by atoms with E-state index >= 15 is 0 Å². The fraction of sp³-hybridized carbons (Fsp3) is 0.562. The molecule has 2 fully saturated rings. The van der Waals surface area contributed by atoms with Crippen molar-refractivity contribution in [3.8, 4) is 0 Å². The van der Waals surface area contributed by atoms with Crippen molar-refractivity contribution in [1.29, 1.82) is 0 Å². The first-order valence-electron chi connectivity index (χ1n) is 8.10. The lowest BCUT2D eigenvalue weighted by atomic mass is 10.1. The summed E-state index contributed by atoms with van der Waals surface area (Å²) in [5.74, 6) is 0.128. The summed E-state index contributed by atoms with van der Waals surface area (Å²) in [6.45, 7) is 2.90. The quantitative estimate of drug-likeness (QED) is 0.767. The van der Waals surface area contributed by atoms with Crippen LogP contribution in [-0.2, 0) is 21.2 Å². The highest BCUT2D eigenvalue weighted by Crippen LogP contribution is 2.29. The zero-order chi connectivity index (χ0) is 17.3. The van der Waals surface area contributed by atoms with Crippen LogP contribution in [0.4, 0.5) is 4.79 Å². The number of rotatable bonds is 6. The van der Waals surface area contributed by atoms with Crippen molar-refractivity contribution in [3.05, 3.63) is 34.9 Å². The molecule has 0 bridgehead atoms. The monoisotopic (exact) mass is 372 g/mol. The van der Waals surface area contributed by atoms with Crippen LogP contribution in [0.5, 0.6) is 0 Å². The smallest absolute Gasteiger partial charge is 0.410 e. The third-order valence-electron chi connectivity index (χ3n) is 4.48. The first-order valence-corrected chi connectivity index (χ1v) is 10.1. The molecule has 2 atom stereocenters. The molecular weight excluding hydrogens is 352 g/mol. The van der Waals surface area contributed by atoms with Gasteiger partial charge in [0.2, 0.25) is 10.0 Å². The van der Waals surface area contributed by atoms with Gasteiger partial charge in [-0.3, -0.25) is 4.90 Å². The molecule has 0 aliphatic carbocycles. The summed E-state index contributed by atoms with van der Waals surface area (Å²) >= 11 is 5.98. The molecule has 0 radical (unpaired) electrons. The van der Waals surface area contributed by atoms with Crippen LogP contribution in [-0.4, -0.2) is 61.2 Å². The van der Waals surface area contributed by atoms with Gasteiger partial charge in [0.05, 0.1) is 18.3 Å². The molecule has 24 heavy (non-hydrogen) atoms. The molecule has 2 saturated heterocycles.